The molecule has 2 aromatic carbocycles. The van der Waals surface area contributed by atoms with E-state index in [1.807, 2.05) is 26.0 Å². The Balaban J connectivity index is 2.23. The standard InChI is InChI=1S/C20H22O5/c1-12-9-10-13(2)16(11-12)18(21)14(3)25-20(22)15-7-6-8-17(23-4)19(15)24-5/h6-11,14H,1-5H3/t14-/m1/s1. The van der Waals surface area contributed by atoms with Crippen molar-refractivity contribution in [3.8, 4) is 11.5 Å². The number of hydrogen-bond acceptors (Lipinski definition) is 5. The minimum absolute atomic E-state index is 0.211. The largest absolute Gasteiger partial charge is 0.493 e. The number of ether oxygens (including phenoxy) is 3. The zero-order chi connectivity index (χ0) is 18.6. The molecule has 0 saturated carbocycles. The molecule has 0 amide bonds. The summed E-state index contributed by atoms with van der Waals surface area (Å²) in [6.45, 7) is 5.33. The maximum Gasteiger partial charge on any atom is 0.342 e. The zero-order valence-corrected chi connectivity index (χ0v) is 15.1. The summed E-state index contributed by atoms with van der Waals surface area (Å²) >= 11 is 0. The third-order valence-electron chi connectivity index (χ3n) is 3.93. The molecule has 0 unspecified atom stereocenters. The van der Waals surface area contributed by atoms with Gasteiger partial charge in [-0.25, -0.2) is 4.79 Å². The van der Waals surface area contributed by atoms with Gasteiger partial charge < -0.3 is 14.2 Å². The number of esters is 1. The Labute approximate surface area is 147 Å². The van der Waals surface area contributed by atoms with E-state index >= 15 is 0 Å². The van der Waals surface area contributed by atoms with Crippen LogP contribution in [0.5, 0.6) is 11.5 Å². The van der Waals surface area contributed by atoms with E-state index in [1.54, 1.807) is 31.2 Å². The molecular weight excluding hydrogens is 320 g/mol. The molecule has 0 aliphatic rings. The molecule has 2 rings (SSSR count). The lowest BCUT2D eigenvalue weighted by Gasteiger charge is -2.16. The number of rotatable bonds is 6. The van der Waals surface area contributed by atoms with Crippen LogP contribution in [0.4, 0.5) is 0 Å². The van der Waals surface area contributed by atoms with Gasteiger partial charge >= 0.3 is 5.97 Å². The second-order valence-corrected chi connectivity index (χ2v) is 5.77. The van der Waals surface area contributed by atoms with E-state index in [1.165, 1.54) is 14.2 Å². The minimum Gasteiger partial charge on any atom is -0.493 e. The van der Waals surface area contributed by atoms with Crippen LogP contribution in [-0.4, -0.2) is 32.1 Å². The summed E-state index contributed by atoms with van der Waals surface area (Å²) in [7, 11) is 2.93. The van der Waals surface area contributed by atoms with Crippen LogP contribution in [-0.2, 0) is 4.74 Å². The van der Waals surface area contributed by atoms with Crippen molar-refractivity contribution in [3.05, 3.63) is 58.7 Å². The van der Waals surface area contributed by atoms with Gasteiger partial charge in [0.15, 0.2) is 17.6 Å². The van der Waals surface area contributed by atoms with Gasteiger partial charge in [0.2, 0.25) is 5.78 Å². The quantitative estimate of drug-likeness (QED) is 0.591. The molecule has 2 aromatic rings. The van der Waals surface area contributed by atoms with Crippen molar-refractivity contribution in [1.29, 1.82) is 0 Å². The van der Waals surface area contributed by atoms with E-state index < -0.39 is 12.1 Å². The first-order chi connectivity index (χ1) is 11.9. The molecule has 0 aliphatic heterocycles. The summed E-state index contributed by atoms with van der Waals surface area (Å²) in [4.78, 5) is 25.1. The molecule has 0 aromatic heterocycles. The van der Waals surface area contributed by atoms with Crippen molar-refractivity contribution >= 4 is 11.8 Å². The van der Waals surface area contributed by atoms with Crippen LogP contribution in [0.1, 0.15) is 38.8 Å². The Morgan fingerprint density at radius 2 is 1.68 bits per heavy atom. The third-order valence-corrected chi connectivity index (χ3v) is 3.93. The van der Waals surface area contributed by atoms with Gasteiger partial charge in [-0.1, -0.05) is 23.8 Å². The van der Waals surface area contributed by atoms with Crippen LogP contribution >= 0.6 is 0 Å². The molecule has 5 nitrogen and oxygen atoms in total. The monoisotopic (exact) mass is 342 g/mol. The molecule has 1 atom stereocenters. The van der Waals surface area contributed by atoms with Gasteiger partial charge in [-0.2, -0.15) is 0 Å². The number of hydrogen-bond donors (Lipinski definition) is 0. The summed E-state index contributed by atoms with van der Waals surface area (Å²) in [6, 6.07) is 10.5. The van der Waals surface area contributed by atoms with Gasteiger partial charge in [-0.05, 0) is 44.5 Å². The van der Waals surface area contributed by atoms with Crippen molar-refractivity contribution in [2.75, 3.05) is 14.2 Å². The summed E-state index contributed by atoms with van der Waals surface area (Å²) in [5.74, 6) is -0.176. The van der Waals surface area contributed by atoms with E-state index in [-0.39, 0.29) is 17.1 Å². The molecule has 5 heteroatoms. The average Bonchev–Trinajstić information content (AvgIpc) is 2.62. The van der Waals surface area contributed by atoms with E-state index in [0.717, 1.165) is 11.1 Å². The van der Waals surface area contributed by atoms with Crippen LogP contribution in [0.2, 0.25) is 0 Å². The lowest BCUT2D eigenvalue weighted by Crippen LogP contribution is -2.25. The molecule has 0 radical (unpaired) electrons. The molecule has 0 aliphatic carbocycles. The predicted molar refractivity (Wildman–Crippen MR) is 94.7 cm³/mol. The Morgan fingerprint density at radius 1 is 0.960 bits per heavy atom. The van der Waals surface area contributed by atoms with Crippen LogP contribution in [0.3, 0.4) is 0 Å². The Hall–Kier alpha value is -2.82. The van der Waals surface area contributed by atoms with Gasteiger partial charge in [0.05, 0.1) is 14.2 Å². The maximum atomic E-state index is 12.6. The molecule has 0 saturated heterocycles. The van der Waals surface area contributed by atoms with Crippen molar-refractivity contribution in [1.82, 2.24) is 0 Å². The first-order valence-corrected chi connectivity index (χ1v) is 7.92. The fraction of sp³-hybridized carbons (Fsp3) is 0.300. The van der Waals surface area contributed by atoms with Crippen molar-refractivity contribution in [2.24, 2.45) is 0 Å². The smallest absolute Gasteiger partial charge is 0.342 e. The fourth-order valence-corrected chi connectivity index (χ4v) is 2.55. The highest BCUT2D eigenvalue weighted by Crippen LogP contribution is 2.31. The average molecular weight is 342 g/mol. The first-order valence-electron chi connectivity index (χ1n) is 7.92. The third kappa shape index (κ3) is 3.99. The summed E-state index contributed by atoms with van der Waals surface area (Å²) in [5.41, 5.74) is 2.58. The SMILES string of the molecule is COc1cccc(C(=O)O[C@H](C)C(=O)c2cc(C)ccc2C)c1OC. The number of carbonyl (C=O) groups is 2. The van der Waals surface area contributed by atoms with Gasteiger partial charge in [0.25, 0.3) is 0 Å². The highest BCUT2D eigenvalue weighted by atomic mass is 16.6. The lowest BCUT2D eigenvalue weighted by molar-refractivity contribution is 0.0315. The number of Topliss-reactive ketones (excluding diaryl/α,β-unsaturated/α-hetero) is 1. The molecule has 0 N–H and O–H groups in total. The molecular formula is C20H22O5. The number of carbonyl (C=O) groups excluding carboxylic acids is 2. The second-order valence-electron chi connectivity index (χ2n) is 5.77. The van der Waals surface area contributed by atoms with E-state index in [9.17, 15) is 9.59 Å². The van der Waals surface area contributed by atoms with Crippen LogP contribution in [0.25, 0.3) is 0 Å². The highest BCUT2D eigenvalue weighted by Gasteiger charge is 2.24. The number of methoxy groups -OCH3 is 2. The molecule has 25 heavy (non-hydrogen) atoms. The molecule has 0 spiro atoms. The number of para-hydroxylation sites is 1. The highest BCUT2D eigenvalue weighted by molar-refractivity contribution is 6.03. The van der Waals surface area contributed by atoms with E-state index in [2.05, 4.69) is 0 Å². The maximum absolute atomic E-state index is 12.6. The molecule has 0 bridgehead atoms. The van der Waals surface area contributed by atoms with Gasteiger partial charge in [0.1, 0.15) is 5.56 Å². The fourth-order valence-electron chi connectivity index (χ4n) is 2.55. The molecule has 0 fully saturated rings. The van der Waals surface area contributed by atoms with Crippen molar-refractivity contribution in [2.45, 2.75) is 26.9 Å². The molecule has 132 valence electrons. The second kappa shape index (κ2) is 7.83. The Morgan fingerprint density at radius 3 is 2.32 bits per heavy atom. The Kier molecular flexibility index (Phi) is 5.80. The van der Waals surface area contributed by atoms with E-state index in [0.29, 0.717) is 11.3 Å². The Bertz CT molecular complexity index is 795. The van der Waals surface area contributed by atoms with Crippen LogP contribution in [0, 0.1) is 13.8 Å². The topological polar surface area (TPSA) is 61.8 Å². The summed E-state index contributed by atoms with van der Waals surface area (Å²) in [5, 5.41) is 0. The lowest BCUT2D eigenvalue weighted by atomic mass is 9.99. The first kappa shape index (κ1) is 18.5. The van der Waals surface area contributed by atoms with E-state index in [4.69, 9.17) is 14.2 Å². The minimum atomic E-state index is -0.913. The van der Waals surface area contributed by atoms with Crippen molar-refractivity contribution in [3.63, 3.8) is 0 Å². The van der Waals surface area contributed by atoms with Crippen molar-refractivity contribution < 1.29 is 23.8 Å². The summed E-state index contributed by atoms with van der Waals surface area (Å²) < 4.78 is 15.8. The van der Waals surface area contributed by atoms with Crippen LogP contribution < -0.4 is 9.47 Å². The number of aryl methyl sites for hydroxylation is 2. The number of benzene rings is 2. The normalized spacial score (nSPS) is 11.6. The molecule has 0 heterocycles. The zero-order valence-electron chi connectivity index (χ0n) is 15.1. The summed E-state index contributed by atoms with van der Waals surface area (Å²) in [6.07, 6.45) is -0.913. The van der Waals surface area contributed by atoms with Gasteiger partial charge in [0, 0.05) is 5.56 Å². The van der Waals surface area contributed by atoms with Gasteiger partial charge in [-0.15, -0.1) is 0 Å². The number of ketones is 1. The van der Waals surface area contributed by atoms with Gasteiger partial charge in [-0.3, -0.25) is 4.79 Å². The predicted octanol–water partition coefficient (Wildman–Crippen LogP) is 3.75. The van der Waals surface area contributed by atoms with Crippen LogP contribution in [0.15, 0.2) is 36.4 Å².